The number of alkyl halides is 1. The Morgan fingerprint density at radius 3 is 2.95 bits per heavy atom. The van der Waals surface area contributed by atoms with Gasteiger partial charge in [-0.3, -0.25) is 0 Å². The van der Waals surface area contributed by atoms with Crippen LogP contribution < -0.4 is 4.74 Å². The number of fused-ring (bicyclic) bond motifs is 1. The van der Waals surface area contributed by atoms with Gasteiger partial charge in [-0.2, -0.15) is 11.8 Å². The number of imidazole rings is 1. The van der Waals surface area contributed by atoms with E-state index in [-0.39, 0.29) is 16.9 Å². The van der Waals surface area contributed by atoms with E-state index in [0.29, 0.717) is 11.6 Å². The van der Waals surface area contributed by atoms with Crippen molar-refractivity contribution < 1.29 is 9.13 Å². The van der Waals surface area contributed by atoms with Crippen LogP contribution in [0.15, 0.2) is 12.1 Å². The van der Waals surface area contributed by atoms with Gasteiger partial charge in [-0.1, -0.05) is 0 Å². The molecule has 1 aromatic heterocycles. The average Bonchev–Trinajstić information content (AvgIpc) is 3.03. The Bertz CT molecular complexity index is 638. The number of ether oxygens (including phenoxy) is 1. The van der Waals surface area contributed by atoms with E-state index in [2.05, 4.69) is 9.55 Å². The Morgan fingerprint density at radius 2 is 2.35 bits per heavy atom. The Labute approximate surface area is 126 Å². The van der Waals surface area contributed by atoms with Crippen LogP contribution >= 0.6 is 23.4 Å². The molecule has 0 N–H and O–H groups in total. The van der Waals surface area contributed by atoms with Crippen LogP contribution in [0.1, 0.15) is 30.6 Å². The number of nitrogens with zero attached hydrogens (tertiary/aromatic N) is 2. The number of hydrogen-bond donors (Lipinski definition) is 0. The molecule has 1 saturated heterocycles. The van der Waals surface area contributed by atoms with Gasteiger partial charge in [0.1, 0.15) is 5.82 Å². The Balaban J connectivity index is 2.24. The monoisotopic (exact) mass is 314 g/mol. The highest BCUT2D eigenvalue weighted by molar-refractivity contribution is 7.99. The molecule has 0 spiro atoms. The van der Waals surface area contributed by atoms with Crippen molar-refractivity contribution in [2.45, 2.75) is 24.8 Å². The van der Waals surface area contributed by atoms with Crippen LogP contribution in [-0.4, -0.2) is 28.2 Å². The lowest BCUT2D eigenvalue weighted by Crippen LogP contribution is -2.12. The zero-order valence-electron chi connectivity index (χ0n) is 11.4. The minimum atomic E-state index is -0.390. The summed E-state index contributed by atoms with van der Waals surface area (Å²) in [7, 11) is 1.47. The van der Waals surface area contributed by atoms with Gasteiger partial charge in [0.05, 0.1) is 23.5 Å². The standard InChI is InChI=1S/C14H16ClFN2OS/c1-8(15)14-17-11-5-10(16)13(19-2)6-12(11)18(14)9-3-4-20-7-9/h5-6,8-9H,3-4,7H2,1-2H3. The Hall–Kier alpha value is -0.940. The summed E-state index contributed by atoms with van der Waals surface area (Å²) >= 11 is 8.18. The third-order valence-corrected chi connectivity index (χ3v) is 4.96. The van der Waals surface area contributed by atoms with E-state index in [4.69, 9.17) is 16.3 Å². The van der Waals surface area contributed by atoms with E-state index >= 15 is 0 Å². The van der Waals surface area contributed by atoms with Gasteiger partial charge >= 0.3 is 0 Å². The normalized spacial score (nSPS) is 20.5. The highest BCUT2D eigenvalue weighted by atomic mass is 35.5. The number of aromatic nitrogens is 2. The molecule has 0 saturated carbocycles. The zero-order chi connectivity index (χ0) is 14.3. The highest BCUT2D eigenvalue weighted by Gasteiger charge is 2.25. The second-order valence-corrected chi connectivity index (χ2v) is 6.75. The first kappa shape index (κ1) is 14.0. The molecule has 2 heterocycles. The first-order valence-electron chi connectivity index (χ1n) is 6.59. The second-order valence-electron chi connectivity index (χ2n) is 4.95. The first-order valence-corrected chi connectivity index (χ1v) is 8.18. The van der Waals surface area contributed by atoms with Crippen molar-refractivity contribution in [3.8, 4) is 5.75 Å². The quantitative estimate of drug-likeness (QED) is 0.796. The van der Waals surface area contributed by atoms with Crippen molar-refractivity contribution in [3.05, 3.63) is 23.8 Å². The maximum atomic E-state index is 13.8. The van der Waals surface area contributed by atoms with Gasteiger partial charge in [-0.25, -0.2) is 9.37 Å². The molecule has 3 rings (SSSR count). The predicted octanol–water partition coefficient (Wildman–Crippen LogP) is 4.16. The van der Waals surface area contributed by atoms with E-state index in [0.717, 1.165) is 29.3 Å². The SMILES string of the molecule is COc1cc2c(cc1F)nc(C(C)Cl)n2C1CCSC1. The van der Waals surface area contributed by atoms with Crippen LogP contribution in [0.2, 0.25) is 0 Å². The van der Waals surface area contributed by atoms with Crippen molar-refractivity contribution >= 4 is 34.4 Å². The number of thioether (sulfide) groups is 1. The molecule has 1 aliphatic rings. The fourth-order valence-corrected chi connectivity index (χ4v) is 4.01. The van der Waals surface area contributed by atoms with E-state index in [1.807, 2.05) is 18.7 Å². The van der Waals surface area contributed by atoms with E-state index in [1.165, 1.54) is 13.2 Å². The summed E-state index contributed by atoms with van der Waals surface area (Å²) in [5, 5.41) is -0.206. The molecule has 0 radical (unpaired) electrons. The Kier molecular flexibility index (Phi) is 3.82. The molecule has 0 aliphatic carbocycles. The predicted molar refractivity (Wildman–Crippen MR) is 81.5 cm³/mol. The van der Waals surface area contributed by atoms with Gasteiger partial charge in [0.2, 0.25) is 0 Å². The van der Waals surface area contributed by atoms with Gasteiger partial charge in [0, 0.05) is 23.9 Å². The molecular formula is C14H16ClFN2OS. The van der Waals surface area contributed by atoms with Gasteiger partial charge in [0.25, 0.3) is 0 Å². The summed E-state index contributed by atoms with van der Waals surface area (Å²) in [6, 6.07) is 3.52. The van der Waals surface area contributed by atoms with Crippen LogP contribution in [-0.2, 0) is 0 Å². The zero-order valence-corrected chi connectivity index (χ0v) is 13.0. The fraction of sp³-hybridized carbons (Fsp3) is 0.500. The van der Waals surface area contributed by atoms with Crippen molar-refractivity contribution in [1.29, 1.82) is 0 Å². The summed E-state index contributed by atoms with van der Waals surface area (Å²) in [4.78, 5) is 4.52. The summed E-state index contributed by atoms with van der Waals surface area (Å²) in [6.45, 7) is 1.90. The van der Waals surface area contributed by atoms with Crippen molar-refractivity contribution in [1.82, 2.24) is 9.55 Å². The number of benzene rings is 1. The topological polar surface area (TPSA) is 27.1 Å². The summed E-state index contributed by atoms with van der Waals surface area (Å²) in [5.74, 6) is 2.85. The molecule has 2 unspecified atom stereocenters. The molecule has 0 bridgehead atoms. The number of halogens is 2. The van der Waals surface area contributed by atoms with Crippen LogP contribution in [0, 0.1) is 5.82 Å². The maximum absolute atomic E-state index is 13.8. The molecule has 20 heavy (non-hydrogen) atoms. The second kappa shape index (κ2) is 5.45. The number of rotatable bonds is 3. The Morgan fingerprint density at radius 1 is 1.55 bits per heavy atom. The number of methoxy groups -OCH3 is 1. The van der Waals surface area contributed by atoms with Crippen molar-refractivity contribution in [3.63, 3.8) is 0 Å². The fourth-order valence-electron chi connectivity index (χ4n) is 2.66. The molecule has 3 nitrogen and oxygen atoms in total. The molecule has 1 fully saturated rings. The van der Waals surface area contributed by atoms with Crippen molar-refractivity contribution in [2.75, 3.05) is 18.6 Å². The molecule has 108 valence electrons. The summed E-state index contributed by atoms with van der Waals surface area (Å²) < 4.78 is 21.1. The summed E-state index contributed by atoms with van der Waals surface area (Å²) in [6.07, 6.45) is 1.09. The molecule has 2 atom stereocenters. The van der Waals surface area contributed by atoms with E-state index < -0.39 is 0 Å². The highest BCUT2D eigenvalue weighted by Crippen LogP contribution is 2.36. The van der Waals surface area contributed by atoms with Gasteiger partial charge < -0.3 is 9.30 Å². The van der Waals surface area contributed by atoms with Crippen LogP contribution in [0.25, 0.3) is 11.0 Å². The minimum absolute atomic E-state index is 0.206. The van der Waals surface area contributed by atoms with E-state index in [9.17, 15) is 4.39 Å². The lowest BCUT2D eigenvalue weighted by molar-refractivity contribution is 0.387. The lowest BCUT2D eigenvalue weighted by atomic mass is 10.2. The van der Waals surface area contributed by atoms with Gasteiger partial charge in [0.15, 0.2) is 11.6 Å². The molecule has 2 aromatic rings. The lowest BCUT2D eigenvalue weighted by Gasteiger charge is -2.17. The maximum Gasteiger partial charge on any atom is 0.167 e. The minimum Gasteiger partial charge on any atom is -0.494 e. The van der Waals surface area contributed by atoms with Crippen LogP contribution in [0.4, 0.5) is 4.39 Å². The summed E-state index contributed by atoms with van der Waals surface area (Å²) in [5.41, 5.74) is 1.54. The van der Waals surface area contributed by atoms with Crippen molar-refractivity contribution in [2.24, 2.45) is 0 Å². The molecule has 0 amide bonds. The van der Waals surface area contributed by atoms with Gasteiger partial charge in [-0.05, 0) is 19.1 Å². The van der Waals surface area contributed by atoms with Crippen LogP contribution in [0.5, 0.6) is 5.75 Å². The first-order chi connectivity index (χ1) is 9.61. The van der Waals surface area contributed by atoms with E-state index in [1.54, 1.807) is 6.07 Å². The molecule has 1 aliphatic heterocycles. The largest absolute Gasteiger partial charge is 0.494 e. The smallest absolute Gasteiger partial charge is 0.167 e. The van der Waals surface area contributed by atoms with Crippen LogP contribution in [0.3, 0.4) is 0 Å². The number of hydrogen-bond acceptors (Lipinski definition) is 3. The average molecular weight is 315 g/mol. The third kappa shape index (κ3) is 2.27. The molecule has 1 aromatic carbocycles. The van der Waals surface area contributed by atoms with Gasteiger partial charge in [-0.15, -0.1) is 11.6 Å². The molecule has 6 heteroatoms. The molecular weight excluding hydrogens is 299 g/mol. The third-order valence-electron chi connectivity index (χ3n) is 3.62.